The molecule has 1 unspecified atom stereocenters. The van der Waals surface area contributed by atoms with Gasteiger partial charge in [-0.3, -0.25) is 0 Å². The second kappa shape index (κ2) is 4.26. The molecule has 1 aliphatic heterocycles. The molecule has 1 aliphatic rings. The van der Waals surface area contributed by atoms with Crippen molar-refractivity contribution < 1.29 is 13.2 Å². The molecule has 0 bridgehead atoms. The van der Waals surface area contributed by atoms with E-state index in [0.717, 1.165) is 0 Å². The molecule has 0 saturated carbocycles. The van der Waals surface area contributed by atoms with Crippen molar-refractivity contribution in [3.63, 3.8) is 0 Å². The van der Waals surface area contributed by atoms with Crippen molar-refractivity contribution in [1.82, 2.24) is 5.32 Å². The van der Waals surface area contributed by atoms with Crippen molar-refractivity contribution in [3.8, 4) is 0 Å². The number of benzene rings is 1. The Bertz CT molecular complexity index is 366. The van der Waals surface area contributed by atoms with Gasteiger partial charge >= 0.3 is 0 Å². The quantitative estimate of drug-likeness (QED) is 0.809. The number of hydrogen-bond donors (Lipinski definition) is 1. The maximum atomic E-state index is 13.1. The van der Waals surface area contributed by atoms with E-state index in [0.29, 0.717) is 5.56 Å². The van der Waals surface area contributed by atoms with E-state index < -0.39 is 11.5 Å². The van der Waals surface area contributed by atoms with Crippen LogP contribution in [0.15, 0.2) is 24.3 Å². The van der Waals surface area contributed by atoms with Gasteiger partial charge < -0.3 is 5.32 Å². The molecular weight excluding hydrogens is 239 g/mol. The van der Waals surface area contributed by atoms with E-state index in [4.69, 9.17) is 0 Å². The molecular formula is C11H13ClF3N. The number of hydrogen-bond acceptors (Lipinski definition) is 1. The zero-order valence-corrected chi connectivity index (χ0v) is 9.58. The van der Waals surface area contributed by atoms with Gasteiger partial charge in [0.15, 0.2) is 0 Å². The van der Waals surface area contributed by atoms with Gasteiger partial charge in [0.05, 0.1) is 6.54 Å². The smallest absolute Gasteiger partial charge is 0.262 e. The molecule has 90 valence electrons. The second-order valence-corrected chi connectivity index (χ2v) is 4.23. The fourth-order valence-electron chi connectivity index (χ4n) is 1.99. The lowest BCUT2D eigenvalue weighted by molar-refractivity contribution is 0.0165. The first-order chi connectivity index (χ1) is 6.91. The highest BCUT2D eigenvalue weighted by atomic mass is 35.5. The minimum atomic E-state index is -2.68. The largest absolute Gasteiger partial charge is 0.302 e. The summed E-state index contributed by atoms with van der Waals surface area (Å²) in [4.78, 5) is 0. The Labute approximate surface area is 98.4 Å². The summed E-state index contributed by atoms with van der Waals surface area (Å²) in [5, 5.41) is 2.79. The lowest BCUT2D eigenvalue weighted by atomic mass is 9.90. The topological polar surface area (TPSA) is 12.0 Å². The molecule has 1 aromatic carbocycles. The third-order valence-electron chi connectivity index (χ3n) is 2.83. The summed E-state index contributed by atoms with van der Waals surface area (Å²) in [7, 11) is 0. The molecule has 0 amide bonds. The number of rotatable bonds is 1. The summed E-state index contributed by atoms with van der Waals surface area (Å²) < 4.78 is 38.8. The van der Waals surface area contributed by atoms with E-state index in [1.807, 2.05) is 0 Å². The molecule has 16 heavy (non-hydrogen) atoms. The van der Waals surface area contributed by atoms with Gasteiger partial charge in [0.25, 0.3) is 5.92 Å². The van der Waals surface area contributed by atoms with E-state index in [2.05, 4.69) is 5.32 Å². The summed E-state index contributed by atoms with van der Waals surface area (Å²) in [6.45, 7) is 1.39. The Morgan fingerprint density at radius 3 is 2.19 bits per heavy atom. The van der Waals surface area contributed by atoms with Crippen molar-refractivity contribution >= 4 is 12.4 Å². The monoisotopic (exact) mass is 251 g/mol. The highest BCUT2D eigenvalue weighted by Gasteiger charge is 2.47. The van der Waals surface area contributed by atoms with E-state index >= 15 is 0 Å². The first-order valence-corrected chi connectivity index (χ1v) is 4.80. The normalized spacial score (nSPS) is 27.5. The van der Waals surface area contributed by atoms with Crippen molar-refractivity contribution in [2.24, 2.45) is 0 Å². The molecule has 2 rings (SSSR count). The van der Waals surface area contributed by atoms with Crippen LogP contribution < -0.4 is 5.32 Å². The number of nitrogens with one attached hydrogen (secondary N) is 1. The lowest BCUT2D eigenvalue weighted by Crippen LogP contribution is -2.32. The summed E-state index contributed by atoms with van der Waals surface area (Å²) in [6, 6.07) is 5.67. The van der Waals surface area contributed by atoms with Crippen LogP contribution in [0.3, 0.4) is 0 Å². The van der Waals surface area contributed by atoms with Crippen LogP contribution in [0, 0.1) is 5.82 Å². The van der Waals surface area contributed by atoms with Gasteiger partial charge in [-0.25, -0.2) is 13.2 Å². The summed E-state index contributed by atoms with van der Waals surface area (Å²) in [5.74, 6) is -3.03. The summed E-state index contributed by atoms with van der Waals surface area (Å²) in [5.41, 5.74) is -0.0573. The molecule has 1 heterocycles. The Morgan fingerprint density at radius 1 is 1.19 bits per heavy atom. The highest BCUT2D eigenvalue weighted by Crippen LogP contribution is 2.38. The summed E-state index contributed by atoms with van der Waals surface area (Å²) in [6.07, 6.45) is -0.244. The molecule has 0 radical (unpaired) electrons. The van der Waals surface area contributed by atoms with Crippen molar-refractivity contribution in [2.45, 2.75) is 24.8 Å². The third-order valence-corrected chi connectivity index (χ3v) is 2.83. The van der Waals surface area contributed by atoms with Crippen LogP contribution in [-0.2, 0) is 5.54 Å². The fourth-order valence-corrected chi connectivity index (χ4v) is 1.99. The van der Waals surface area contributed by atoms with E-state index in [9.17, 15) is 13.2 Å². The minimum absolute atomic E-state index is 0. The lowest BCUT2D eigenvalue weighted by Gasteiger charge is -2.24. The SMILES string of the molecule is CC1(c2ccc(F)cc2)CC(F)(F)CN1.Cl. The second-order valence-electron chi connectivity index (χ2n) is 4.23. The predicted octanol–water partition coefficient (Wildman–Crippen LogP) is 3.09. The highest BCUT2D eigenvalue weighted by molar-refractivity contribution is 5.85. The van der Waals surface area contributed by atoms with E-state index in [1.54, 1.807) is 19.1 Å². The predicted molar refractivity (Wildman–Crippen MR) is 58.6 cm³/mol. The molecule has 0 aliphatic carbocycles. The van der Waals surface area contributed by atoms with Crippen molar-refractivity contribution in [1.29, 1.82) is 0 Å². The molecule has 0 aromatic heterocycles. The van der Waals surface area contributed by atoms with Crippen molar-refractivity contribution in [3.05, 3.63) is 35.6 Å². The standard InChI is InChI=1S/C11H12F3N.ClH/c1-10(6-11(13,14)7-15-10)8-2-4-9(12)5-3-8;/h2-5,15H,6-7H2,1H3;1H. The van der Waals surface area contributed by atoms with Gasteiger partial charge in [-0.05, 0) is 24.6 Å². The van der Waals surface area contributed by atoms with Crippen LogP contribution in [0.5, 0.6) is 0 Å². The van der Waals surface area contributed by atoms with Gasteiger partial charge in [0.1, 0.15) is 5.82 Å². The van der Waals surface area contributed by atoms with Crippen LogP contribution in [-0.4, -0.2) is 12.5 Å². The molecule has 1 fully saturated rings. The average molecular weight is 252 g/mol. The molecule has 0 spiro atoms. The molecule has 1 atom stereocenters. The van der Waals surface area contributed by atoms with Crippen molar-refractivity contribution in [2.75, 3.05) is 6.54 Å². The Morgan fingerprint density at radius 2 is 1.75 bits per heavy atom. The fraction of sp³-hybridized carbons (Fsp3) is 0.455. The van der Waals surface area contributed by atoms with Crippen LogP contribution in [0.2, 0.25) is 0 Å². The zero-order chi connectivity index (χ0) is 11.1. The maximum Gasteiger partial charge on any atom is 0.262 e. The Kier molecular flexibility index (Phi) is 3.55. The first-order valence-electron chi connectivity index (χ1n) is 4.80. The molecule has 1 saturated heterocycles. The van der Waals surface area contributed by atoms with E-state index in [1.165, 1.54) is 12.1 Å². The molecule has 5 heteroatoms. The van der Waals surface area contributed by atoms with Crippen LogP contribution in [0.25, 0.3) is 0 Å². The Balaban J connectivity index is 0.00000128. The van der Waals surface area contributed by atoms with Gasteiger partial charge in [-0.2, -0.15) is 0 Å². The van der Waals surface area contributed by atoms with Crippen LogP contribution in [0.4, 0.5) is 13.2 Å². The molecule has 1 aromatic rings. The number of alkyl halides is 2. The average Bonchev–Trinajstić information content (AvgIpc) is 2.43. The minimum Gasteiger partial charge on any atom is -0.302 e. The van der Waals surface area contributed by atoms with E-state index in [-0.39, 0.29) is 31.2 Å². The van der Waals surface area contributed by atoms with Gasteiger partial charge in [-0.1, -0.05) is 12.1 Å². The molecule has 1 nitrogen and oxygen atoms in total. The maximum absolute atomic E-state index is 13.1. The van der Waals surface area contributed by atoms with Crippen LogP contribution >= 0.6 is 12.4 Å². The molecule has 1 N–H and O–H groups in total. The van der Waals surface area contributed by atoms with Crippen LogP contribution in [0.1, 0.15) is 18.9 Å². The Hall–Kier alpha value is -0.740. The third kappa shape index (κ3) is 2.50. The van der Waals surface area contributed by atoms with Gasteiger partial charge in [-0.15, -0.1) is 12.4 Å². The van der Waals surface area contributed by atoms with Gasteiger partial charge in [0.2, 0.25) is 0 Å². The van der Waals surface area contributed by atoms with Gasteiger partial charge in [0, 0.05) is 12.0 Å². The number of halogens is 4. The first kappa shape index (κ1) is 13.3. The summed E-state index contributed by atoms with van der Waals surface area (Å²) >= 11 is 0. The zero-order valence-electron chi connectivity index (χ0n) is 8.77.